The molecule has 3 aromatic rings. The molecule has 0 radical (unpaired) electrons. The molecule has 1 aromatic heterocycles. The second-order valence-electron chi connectivity index (χ2n) is 7.54. The van der Waals surface area contributed by atoms with Crippen molar-refractivity contribution < 1.29 is 23.1 Å². The van der Waals surface area contributed by atoms with Gasteiger partial charge in [0.1, 0.15) is 0 Å². The van der Waals surface area contributed by atoms with Crippen molar-refractivity contribution in [2.24, 2.45) is 5.73 Å². The molecule has 0 saturated heterocycles. The number of carboxylic acids is 1. The number of carboxylic acid groups (broad SMARTS) is 1. The number of nitrogens with one attached hydrogen (secondary N) is 1. The molecule has 0 aliphatic carbocycles. The number of rotatable bonds is 4. The average Bonchev–Trinajstić information content (AvgIpc) is 2.74. The number of hydrogen-bond acceptors (Lipinski definition) is 4. The van der Waals surface area contributed by atoms with Crippen LogP contribution in [0.1, 0.15) is 23.1 Å². The molecule has 1 aliphatic rings. The molecular formula is C23H24F3N3O3. The molecule has 9 heteroatoms. The zero-order valence-electron chi connectivity index (χ0n) is 17.3. The van der Waals surface area contributed by atoms with Gasteiger partial charge in [-0.2, -0.15) is 13.2 Å². The van der Waals surface area contributed by atoms with Crippen LogP contribution in [-0.2, 0) is 24.2 Å². The van der Waals surface area contributed by atoms with Gasteiger partial charge in [-0.3, -0.25) is 4.79 Å². The summed E-state index contributed by atoms with van der Waals surface area (Å²) in [4.78, 5) is 26.7. The van der Waals surface area contributed by atoms with Gasteiger partial charge in [0.25, 0.3) is 5.56 Å². The Bertz CT molecular complexity index is 1160. The Morgan fingerprint density at radius 1 is 1.16 bits per heavy atom. The number of hydrogen-bond donors (Lipinski definition) is 3. The summed E-state index contributed by atoms with van der Waals surface area (Å²) in [5.74, 6) is -2.76. The van der Waals surface area contributed by atoms with E-state index in [1.54, 1.807) is 0 Å². The van der Waals surface area contributed by atoms with Gasteiger partial charge >= 0.3 is 12.1 Å². The molecule has 2 aromatic carbocycles. The normalized spacial score (nSPS) is 13.3. The molecule has 2 heterocycles. The smallest absolute Gasteiger partial charge is 0.475 e. The first-order valence-corrected chi connectivity index (χ1v) is 10.2. The number of anilines is 1. The lowest BCUT2D eigenvalue weighted by Crippen LogP contribution is -2.31. The van der Waals surface area contributed by atoms with E-state index >= 15 is 0 Å². The van der Waals surface area contributed by atoms with Crippen LogP contribution in [0.4, 0.5) is 18.9 Å². The Balaban J connectivity index is 0.000000360. The molecule has 170 valence electrons. The first-order valence-electron chi connectivity index (χ1n) is 10.2. The summed E-state index contributed by atoms with van der Waals surface area (Å²) in [6, 6.07) is 16.6. The molecule has 0 spiro atoms. The summed E-state index contributed by atoms with van der Waals surface area (Å²) in [6.07, 6.45) is -1.96. The highest BCUT2D eigenvalue weighted by atomic mass is 19.4. The van der Waals surface area contributed by atoms with Gasteiger partial charge in [0.15, 0.2) is 0 Å². The SMILES string of the molecule is NCCc1ccc2c(c1)CCCN2Cc1cc2ccccc2[nH]c1=O.O=C(O)C(F)(F)F. The maximum Gasteiger partial charge on any atom is 0.490 e. The molecule has 0 saturated carbocycles. The molecule has 0 amide bonds. The number of aliphatic carboxylic acids is 1. The third-order valence-electron chi connectivity index (χ3n) is 5.23. The number of aromatic nitrogens is 1. The highest BCUT2D eigenvalue weighted by molar-refractivity contribution is 5.78. The monoisotopic (exact) mass is 447 g/mol. The van der Waals surface area contributed by atoms with Crippen molar-refractivity contribution in [2.45, 2.75) is 32.0 Å². The second-order valence-corrected chi connectivity index (χ2v) is 7.54. The molecule has 4 rings (SSSR count). The standard InChI is InChI=1S/C21H23N3O.C2HF3O2/c22-10-9-15-7-8-20-17(12-15)5-3-11-24(20)14-18-13-16-4-1-2-6-19(16)23-21(18)25;3-2(4,5)1(6)7/h1-2,4,6-8,12-13H,3,5,9-11,14,22H2,(H,23,25);(H,6,7). The van der Waals surface area contributed by atoms with Crippen LogP contribution in [0, 0.1) is 0 Å². The van der Waals surface area contributed by atoms with Crippen LogP contribution in [0.25, 0.3) is 10.9 Å². The number of fused-ring (bicyclic) bond motifs is 2. The summed E-state index contributed by atoms with van der Waals surface area (Å²) < 4.78 is 31.7. The van der Waals surface area contributed by atoms with Crippen LogP contribution < -0.4 is 16.2 Å². The molecule has 0 atom stereocenters. The highest BCUT2D eigenvalue weighted by Gasteiger charge is 2.38. The topological polar surface area (TPSA) is 99.4 Å². The lowest BCUT2D eigenvalue weighted by Gasteiger charge is -2.31. The molecule has 32 heavy (non-hydrogen) atoms. The Hall–Kier alpha value is -3.33. The number of aromatic amines is 1. The summed E-state index contributed by atoms with van der Waals surface area (Å²) in [7, 11) is 0. The van der Waals surface area contributed by atoms with Crippen molar-refractivity contribution in [3.8, 4) is 0 Å². The number of pyridine rings is 1. The molecule has 0 unspecified atom stereocenters. The van der Waals surface area contributed by atoms with Crippen LogP contribution in [0.5, 0.6) is 0 Å². The van der Waals surface area contributed by atoms with Crippen molar-refractivity contribution in [2.75, 3.05) is 18.0 Å². The van der Waals surface area contributed by atoms with Gasteiger partial charge in [-0.05, 0) is 60.5 Å². The van der Waals surface area contributed by atoms with Crippen LogP contribution in [0.2, 0.25) is 0 Å². The van der Waals surface area contributed by atoms with Crippen molar-refractivity contribution >= 4 is 22.6 Å². The van der Waals surface area contributed by atoms with E-state index in [2.05, 4.69) is 28.1 Å². The third kappa shape index (κ3) is 5.67. The van der Waals surface area contributed by atoms with Gasteiger partial charge in [-0.25, -0.2) is 4.79 Å². The van der Waals surface area contributed by atoms with E-state index in [4.69, 9.17) is 15.6 Å². The van der Waals surface area contributed by atoms with Crippen molar-refractivity contribution in [1.29, 1.82) is 0 Å². The van der Waals surface area contributed by atoms with Gasteiger partial charge in [-0.1, -0.05) is 30.3 Å². The van der Waals surface area contributed by atoms with Crippen LogP contribution in [0.3, 0.4) is 0 Å². The first kappa shape index (κ1) is 23.3. The molecule has 4 N–H and O–H groups in total. The minimum absolute atomic E-state index is 0.00516. The van der Waals surface area contributed by atoms with E-state index in [9.17, 15) is 18.0 Å². The second kappa shape index (κ2) is 9.86. The Morgan fingerprint density at radius 3 is 2.56 bits per heavy atom. The fourth-order valence-corrected chi connectivity index (χ4v) is 3.73. The van der Waals surface area contributed by atoms with Gasteiger partial charge in [0.2, 0.25) is 0 Å². The van der Waals surface area contributed by atoms with Gasteiger partial charge in [-0.15, -0.1) is 0 Å². The number of alkyl halides is 3. The van der Waals surface area contributed by atoms with Gasteiger partial charge < -0.3 is 20.7 Å². The average molecular weight is 447 g/mol. The maximum absolute atomic E-state index is 12.5. The Kier molecular flexibility index (Phi) is 7.19. The van der Waals surface area contributed by atoms with E-state index in [-0.39, 0.29) is 5.56 Å². The van der Waals surface area contributed by atoms with E-state index in [0.29, 0.717) is 13.1 Å². The van der Waals surface area contributed by atoms with Crippen molar-refractivity contribution in [1.82, 2.24) is 4.98 Å². The number of carbonyl (C=O) groups is 1. The van der Waals surface area contributed by atoms with Crippen molar-refractivity contribution in [3.63, 3.8) is 0 Å². The summed E-state index contributed by atoms with van der Waals surface area (Å²) in [5, 5.41) is 8.20. The van der Waals surface area contributed by atoms with E-state index < -0.39 is 12.1 Å². The summed E-state index contributed by atoms with van der Waals surface area (Å²) in [6.45, 7) is 2.30. The fourth-order valence-electron chi connectivity index (χ4n) is 3.73. The van der Waals surface area contributed by atoms with Gasteiger partial charge in [0, 0.05) is 29.9 Å². The van der Waals surface area contributed by atoms with Crippen LogP contribution in [0.15, 0.2) is 53.3 Å². The molecule has 6 nitrogen and oxygen atoms in total. The largest absolute Gasteiger partial charge is 0.490 e. The van der Waals surface area contributed by atoms with Crippen molar-refractivity contribution in [3.05, 3.63) is 75.6 Å². The van der Waals surface area contributed by atoms with E-state index in [1.165, 1.54) is 16.8 Å². The predicted octanol–water partition coefficient (Wildman–Crippen LogP) is 3.62. The lowest BCUT2D eigenvalue weighted by atomic mass is 9.97. The minimum Gasteiger partial charge on any atom is -0.475 e. The van der Waals surface area contributed by atoms with Crippen LogP contribution in [-0.4, -0.2) is 35.3 Å². The van der Waals surface area contributed by atoms with E-state index in [1.807, 2.05) is 30.3 Å². The number of halogens is 3. The zero-order chi connectivity index (χ0) is 23.3. The third-order valence-corrected chi connectivity index (χ3v) is 5.23. The summed E-state index contributed by atoms with van der Waals surface area (Å²) in [5.41, 5.74) is 11.3. The number of aryl methyl sites for hydroxylation is 1. The van der Waals surface area contributed by atoms with Gasteiger partial charge in [0.05, 0.1) is 0 Å². The highest BCUT2D eigenvalue weighted by Crippen LogP contribution is 2.29. The Labute approximate surface area is 182 Å². The fraction of sp³-hybridized carbons (Fsp3) is 0.304. The summed E-state index contributed by atoms with van der Waals surface area (Å²) >= 11 is 0. The zero-order valence-corrected chi connectivity index (χ0v) is 17.3. The first-order chi connectivity index (χ1) is 15.2. The minimum atomic E-state index is -5.08. The molecule has 0 fully saturated rings. The number of para-hydroxylation sites is 1. The molecular weight excluding hydrogens is 423 g/mol. The number of H-pyrrole nitrogens is 1. The molecule has 0 bridgehead atoms. The number of benzene rings is 2. The quantitative estimate of drug-likeness (QED) is 0.568. The van der Waals surface area contributed by atoms with E-state index in [0.717, 1.165) is 42.3 Å². The number of nitrogens with two attached hydrogens (primary N) is 1. The lowest BCUT2D eigenvalue weighted by molar-refractivity contribution is -0.192. The maximum atomic E-state index is 12.5. The predicted molar refractivity (Wildman–Crippen MR) is 117 cm³/mol. The number of nitrogens with zero attached hydrogens (tertiary/aromatic N) is 1. The molecule has 1 aliphatic heterocycles. The van der Waals surface area contributed by atoms with Crippen LogP contribution >= 0.6 is 0 Å². The Morgan fingerprint density at radius 2 is 1.88 bits per heavy atom.